The molecule has 0 aliphatic rings. The second kappa shape index (κ2) is 10.3. The first-order chi connectivity index (χ1) is 11.1. The summed E-state index contributed by atoms with van der Waals surface area (Å²) < 4.78 is 12.7. The van der Waals surface area contributed by atoms with Crippen molar-refractivity contribution in [2.75, 3.05) is 6.54 Å². The maximum Gasteiger partial charge on any atom is 0.249 e. The van der Waals surface area contributed by atoms with Crippen molar-refractivity contribution in [2.45, 2.75) is 90.3 Å². The van der Waals surface area contributed by atoms with Crippen LogP contribution in [0.4, 0.5) is 0 Å². The Hall–Kier alpha value is -0.756. The molecule has 140 valence electrons. The molecular formula is C17H37N3O2Si2. The Morgan fingerprint density at radius 2 is 1.67 bits per heavy atom. The van der Waals surface area contributed by atoms with Crippen molar-refractivity contribution >= 4 is 16.6 Å². The van der Waals surface area contributed by atoms with Crippen LogP contribution in [0.1, 0.15) is 48.0 Å². The molecule has 0 aliphatic carbocycles. The molecule has 0 rings (SSSR count). The van der Waals surface area contributed by atoms with E-state index >= 15 is 0 Å². The van der Waals surface area contributed by atoms with Crippen LogP contribution in [0.5, 0.6) is 0 Å². The van der Waals surface area contributed by atoms with Gasteiger partial charge in [0.1, 0.15) is 0 Å². The SMILES string of the molecule is CC[Si](CC)(CC)O[C@H](/C=C/O[Si](C)(C)C(C)(C)C)CCN=[N+]=[N-]. The lowest BCUT2D eigenvalue weighted by Crippen LogP contribution is -2.40. The number of rotatable bonds is 11. The van der Waals surface area contributed by atoms with Gasteiger partial charge in [0, 0.05) is 11.5 Å². The van der Waals surface area contributed by atoms with E-state index in [1.807, 2.05) is 12.3 Å². The first-order valence-electron chi connectivity index (χ1n) is 9.10. The number of hydrogen-bond acceptors (Lipinski definition) is 3. The third-order valence-electron chi connectivity index (χ3n) is 5.37. The van der Waals surface area contributed by atoms with Gasteiger partial charge in [0.15, 0.2) is 8.32 Å². The molecule has 0 fully saturated rings. The van der Waals surface area contributed by atoms with E-state index in [-0.39, 0.29) is 11.1 Å². The number of azide groups is 1. The third kappa shape index (κ3) is 7.42. The highest BCUT2D eigenvalue weighted by atomic mass is 28.4. The maximum absolute atomic E-state index is 8.51. The zero-order chi connectivity index (χ0) is 18.9. The van der Waals surface area contributed by atoms with Crippen molar-refractivity contribution in [3.8, 4) is 0 Å². The minimum absolute atomic E-state index is 0.0354. The molecule has 0 saturated heterocycles. The lowest BCUT2D eigenvalue weighted by molar-refractivity contribution is 0.222. The molecule has 0 unspecified atom stereocenters. The van der Waals surface area contributed by atoms with Crippen LogP contribution < -0.4 is 0 Å². The van der Waals surface area contributed by atoms with Crippen LogP contribution in [0.3, 0.4) is 0 Å². The molecule has 0 saturated carbocycles. The number of hydrogen-bond donors (Lipinski definition) is 0. The van der Waals surface area contributed by atoms with Crippen molar-refractivity contribution in [3.63, 3.8) is 0 Å². The van der Waals surface area contributed by atoms with Crippen LogP contribution in [0.15, 0.2) is 17.5 Å². The topological polar surface area (TPSA) is 67.2 Å². The lowest BCUT2D eigenvalue weighted by atomic mass is 10.2. The molecule has 0 aromatic carbocycles. The van der Waals surface area contributed by atoms with Gasteiger partial charge in [-0.15, -0.1) is 0 Å². The standard InChI is InChI=1S/C17H37N3O2Si2/c1-9-24(10-2,11-3)22-16(12-14-19-20-18)13-15-21-23(7,8)17(4,5)6/h13,15-16H,9-12,14H2,1-8H3/b15-13+/t16-/m0/s1. The second-order valence-corrected chi connectivity index (χ2v) is 17.3. The highest BCUT2D eigenvalue weighted by molar-refractivity contribution is 6.74. The summed E-state index contributed by atoms with van der Waals surface area (Å²) in [6, 6.07) is 3.32. The molecule has 5 nitrogen and oxygen atoms in total. The van der Waals surface area contributed by atoms with E-state index in [4.69, 9.17) is 14.4 Å². The molecule has 0 aliphatic heterocycles. The van der Waals surface area contributed by atoms with E-state index in [9.17, 15) is 0 Å². The summed E-state index contributed by atoms with van der Waals surface area (Å²) in [4.78, 5) is 2.85. The van der Waals surface area contributed by atoms with Gasteiger partial charge in [0.25, 0.3) is 0 Å². The van der Waals surface area contributed by atoms with Crippen LogP contribution in [0, 0.1) is 0 Å². The Morgan fingerprint density at radius 1 is 1.12 bits per heavy atom. The molecule has 24 heavy (non-hydrogen) atoms. The zero-order valence-electron chi connectivity index (χ0n) is 16.9. The van der Waals surface area contributed by atoms with Gasteiger partial charge in [0.05, 0.1) is 12.4 Å². The smallest absolute Gasteiger partial charge is 0.249 e. The average Bonchev–Trinajstić information content (AvgIpc) is 2.51. The Bertz CT molecular complexity index is 429. The molecule has 0 aromatic heterocycles. The Balaban J connectivity index is 5.07. The summed E-state index contributed by atoms with van der Waals surface area (Å²) in [6.07, 6.45) is 4.52. The summed E-state index contributed by atoms with van der Waals surface area (Å²) in [5.41, 5.74) is 8.51. The molecule has 7 heteroatoms. The minimum atomic E-state index is -1.81. The van der Waals surface area contributed by atoms with Gasteiger partial charge in [-0.2, -0.15) is 0 Å². The summed E-state index contributed by atoms with van der Waals surface area (Å²) in [7, 11) is -3.51. The fraction of sp³-hybridized carbons (Fsp3) is 0.882. The van der Waals surface area contributed by atoms with E-state index in [0.717, 1.165) is 18.1 Å². The van der Waals surface area contributed by atoms with Crippen molar-refractivity contribution in [3.05, 3.63) is 22.8 Å². The third-order valence-corrected chi connectivity index (χ3v) is 14.4. The lowest BCUT2D eigenvalue weighted by Gasteiger charge is -2.35. The summed E-state index contributed by atoms with van der Waals surface area (Å²) >= 11 is 0. The van der Waals surface area contributed by atoms with E-state index < -0.39 is 16.6 Å². The monoisotopic (exact) mass is 371 g/mol. The van der Waals surface area contributed by atoms with Gasteiger partial charge in [-0.25, -0.2) is 0 Å². The largest absolute Gasteiger partial charge is 0.549 e. The van der Waals surface area contributed by atoms with Crippen molar-refractivity contribution in [2.24, 2.45) is 5.11 Å². The van der Waals surface area contributed by atoms with Gasteiger partial charge < -0.3 is 8.85 Å². The molecule has 0 radical (unpaired) electrons. The first-order valence-corrected chi connectivity index (χ1v) is 14.5. The van der Waals surface area contributed by atoms with Crippen LogP contribution in [-0.4, -0.2) is 29.3 Å². The molecular weight excluding hydrogens is 334 g/mol. The van der Waals surface area contributed by atoms with Gasteiger partial charge in [0.2, 0.25) is 8.32 Å². The molecule has 0 N–H and O–H groups in total. The van der Waals surface area contributed by atoms with Crippen LogP contribution in [0.2, 0.25) is 36.3 Å². The van der Waals surface area contributed by atoms with E-state index in [1.54, 1.807) is 0 Å². The van der Waals surface area contributed by atoms with E-state index in [1.165, 1.54) is 0 Å². The fourth-order valence-electron chi connectivity index (χ4n) is 2.22. The zero-order valence-corrected chi connectivity index (χ0v) is 18.9. The predicted octanol–water partition coefficient (Wildman–Crippen LogP) is 6.61. The Labute approximate surface area is 150 Å². The molecule has 0 bridgehead atoms. The summed E-state index contributed by atoms with van der Waals surface area (Å²) in [5, 5.41) is 3.84. The maximum atomic E-state index is 8.51. The van der Waals surface area contributed by atoms with Crippen molar-refractivity contribution in [1.29, 1.82) is 0 Å². The quantitative estimate of drug-likeness (QED) is 0.135. The van der Waals surface area contributed by atoms with Crippen molar-refractivity contribution < 1.29 is 8.85 Å². The highest BCUT2D eigenvalue weighted by Gasteiger charge is 2.38. The summed E-state index contributed by atoms with van der Waals surface area (Å²) in [5.74, 6) is 0. The molecule has 0 aromatic rings. The molecule has 0 heterocycles. The molecule has 1 atom stereocenters. The minimum Gasteiger partial charge on any atom is -0.549 e. The van der Waals surface area contributed by atoms with Gasteiger partial charge in [-0.05, 0) is 54.3 Å². The van der Waals surface area contributed by atoms with E-state index in [0.29, 0.717) is 13.0 Å². The Morgan fingerprint density at radius 3 is 2.08 bits per heavy atom. The normalized spacial score (nSPS) is 14.5. The van der Waals surface area contributed by atoms with E-state index in [2.05, 4.69) is 64.7 Å². The first kappa shape index (κ1) is 23.2. The van der Waals surface area contributed by atoms with Gasteiger partial charge >= 0.3 is 0 Å². The van der Waals surface area contributed by atoms with Crippen LogP contribution in [0.25, 0.3) is 10.4 Å². The van der Waals surface area contributed by atoms with Crippen molar-refractivity contribution in [1.82, 2.24) is 0 Å². The Kier molecular flexibility index (Phi) is 9.96. The highest BCUT2D eigenvalue weighted by Crippen LogP contribution is 2.36. The summed E-state index contributed by atoms with van der Waals surface area (Å²) in [6.45, 7) is 18.3. The average molecular weight is 372 g/mol. The predicted molar refractivity (Wildman–Crippen MR) is 108 cm³/mol. The second-order valence-electron chi connectivity index (χ2n) is 7.85. The van der Waals surface area contributed by atoms with Crippen LogP contribution in [-0.2, 0) is 8.85 Å². The number of nitrogens with zero attached hydrogens (tertiary/aromatic N) is 3. The van der Waals surface area contributed by atoms with Gasteiger partial charge in [-0.1, -0.05) is 46.7 Å². The molecule has 0 amide bonds. The molecule has 0 spiro atoms. The van der Waals surface area contributed by atoms with Crippen LogP contribution >= 0.6 is 0 Å². The van der Waals surface area contributed by atoms with Gasteiger partial charge in [-0.3, -0.25) is 0 Å². The fourth-order valence-corrected chi connectivity index (χ4v) is 5.83.